The van der Waals surface area contributed by atoms with Crippen LogP contribution < -0.4 is 29.0 Å². The van der Waals surface area contributed by atoms with Gasteiger partial charge >= 0.3 is 11.9 Å². The van der Waals surface area contributed by atoms with Crippen LogP contribution in [0.15, 0.2) is 5.10 Å². The van der Waals surface area contributed by atoms with Gasteiger partial charge in [-0.3, -0.25) is 11.5 Å². The van der Waals surface area contributed by atoms with E-state index in [1.54, 1.807) is 0 Å². The van der Waals surface area contributed by atoms with E-state index in [0.717, 1.165) is 0 Å². The average molecular weight is 181 g/mol. The van der Waals surface area contributed by atoms with Gasteiger partial charge in [-0.25, -0.2) is 4.79 Å². The van der Waals surface area contributed by atoms with Crippen molar-refractivity contribution in [1.82, 2.24) is 0 Å². The fourth-order valence-corrected chi connectivity index (χ4v) is 0.196. The zero-order valence-electron chi connectivity index (χ0n) is 5.84. The maximum absolute atomic E-state index is 10.1. The van der Waals surface area contributed by atoms with E-state index >= 15 is 0 Å². The van der Waals surface area contributed by atoms with Gasteiger partial charge in [-0.05, 0) is 6.92 Å². The first kappa shape index (κ1) is 12.4. The lowest BCUT2D eigenvalue weighted by molar-refractivity contribution is -0.464. The maximum Gasteiger partial charge on any atom is 0.362 e. The van der Waals surface area contributed by atoms with E-state index in [-0.39, 0.29) is 24.1 Å². The predicted octanol–water partition coefficient (Wildman–Crippen LogP) is -6.20. The van der Waals surface area contributed by atoms with Crippen LogP contribution in [0.2, 0.25) is 0 Å². The molecule has 0 saturated carbocycles. The molecule has 0 aromatic carbocycles. The van der Waals surface area contributed by atoms with Crippen LogP contribution in [-0.4, -0.2) is 22.7 Å². The second-order valence-electron chi connectivity index (χ2n) is 1.57. The molecule has 6 N–H and O–H groups in total. The SMILES string of the molecule is C/C(=N\[NH+]=C(N)N)C(=O)O.[Cl-]. The Morgan fingerprint density at radius 1 is 1.55 bits per heavy atom. The van der Waals surface area contributed by atoms with Crippen LogP contribution in [-0.2, 0) is 4.79 Å². The molecular formula is C4H9ClN4O2. The minimum Gasteiger partial charge on any atom is -1.00 e. The Labute approximate surface area is 69.4 Å². The third-order valence-corrected chi connectivity index (χ3v) is 0.662. The van der Waals surface area contributed by atoms with Crippen LogP contribution in [0.25, 0.3) is 0 Å². The lowest BCUT2D eigenvalue weighted by atomic mass is 10.4. The maximum atomic E-state index is 10.1. The van der Waals surface area contributed by atoms with Gasteiger partial charge in [0.25, 0.3) is 0 Å². The number of guanidine groups is 1. The van der Waals surface area contributed by atoms with Crippen LogP contribution >= 0.6 is 0 Å². The molecule has 0 heterocycles. The lowest BCUT2D eigenvalue weighted by Crippen LogP contribution is -3.00. The largest absolute Gasteiger partial charge is 1.00 e. The summed E-state index contributed by atoms with van der Waals surface area (Å²) in [5.41, 5.74) is 9.74. The summed E-state index contributed by atoms with van der Waals surface area (Å²) in [4.78, 5) is 10.1. The molecule has 0 radical (unpaired) electrons. The summed E-state index contributed by atoms with van der Waals surface area (Å²) in [7, 11) is 0. The fourth-order valence-electron chi connectivity index (χ4n) is 0.196. The number of hydrogen-bond acceptors (Lipinski definition) is 2. The first-order chi connectivity index (χ1) is 4.54. The normalized spacial score (nSPS) is 9.73. The van der Waals surface area contributed by atoms with Crippen molar-refractivity contribution in [3.63, 3.8) is 0 Å². The molecule has 0 aliphatic rings. The highest BCUT2D eigenvalue weighted by Gasteiger charge is 2.00. The first-order valence-electron chi connectivity index (χ1n) is 2.45. The molecule has 0 aromatic rings. The van der Waals surface area contributed by atoms with Crippen LogP contribution in [0.5, 0.6) is 0 Å². The summed E-state index contributed by atoms with van der Waals surface area (Å²) in [6.07, 6.45) is 0. The van der Waals surface area contributed by atoms with Crippen LogP contribution in [0.4, 0.5) is 0 Å². The van der Waals surface area contributed by atoms with E-state index in [1.807, 2.05) is 0 Å². The van der Waals surface area contributed by atoms with Gasteiger partial charge in [0.05, 0.1) is 0 Å². The number of hydrazone groups is 1. The second kappa shape index (κ2) is 5.48. The zero-order chi connectivity index (χ0) is 8.15. The highest BCUT2D eigenvalue weighted by Crippen LogP contribution is 1.67. The monoisotopic (exact) mass is 180 g/mol. The second-order valence-corrected chi connectivity index (χ2v) is 1.57. The molecule has 0 rings (SSSR count). The number of rotatable bonds is 2. The Morgan fingerprint density at radius 2 is 2.00 bits per heavy atom. The summed E-state index contributed by atoms with van der Waals surface area (Å²) >= 11 is 0. The van der Waals surface area contributed by atoms with E-state index in [2.05, 4.69) is 10.2 Å². The number of nitrogens with zero attached hydrogens (tertiary/aromatic N) is 1. The Bertz CT molecular complexity index is 196. The van der Waals surface area contributed by atoms with Crippen molar-refractivity contribution in [2.24, 2.45) is 16.6 Å². The third kappa shape index (κ3) is 6.59. The van der Waals surface area contributed by atoms with Crippen molar-refractivity contribution in [3.05, 3.63) is 0 Å². The molecule has 6 nitrogen and oxygen atoms in total. The van der Waals surface area contributed by atoms with Crippen molar-refractivity contribution in [2.45, 2.75) is 6.92 Å². The molecule has 0 atom stereocenters. The Hall–Kier alpha value is -1.30. The van der Waals surface area contributed by atoms with Crippen molar-refractivity contribution < 1.29 is 27.4 Å². The van der Waals surface area contributed by atoms with E-state index in [4.69, 9.17) is 16.6 Å². The van der Waals surface area contributed by atoms with E-state index < -0.39 is 5.97 Å². The molecule has 0 aliphatic heterocycles. The minimum atomic E-state index is -1.12. The number of carboxylic acids is 1. The van der Waals surface area contributed by atoms with Crippen molar-refractivity contribution >= 4 is 17.6 Å². The molecule has 0 aliphatic carbocycles. The zero-order valence-corrected chi connectivity index (χ0v) is 6.59. The molecule has 0 bridgehead atoms. The van der Waals surface area contributed by atoms with Crippen molar-refractivity contribution in [1.29, 1.82) is 0 Å². The van der Waals surface area contributed by atoms with Gasteiger partial charge in [0.2, 0.25) is 0 Å². The van der Waals surface area contributed by atoms with Gasteiger partial charge in [0.1, 0.15) is 0 Å². The molecular weight excluding hydrogens is 172 g/mol. The first-order valence-corrected chi connectivity index (χ1v) is 2.45. The standard InChI is InChI=1S/C4H8N4O2.ClH/c1-2(3(9)10)7-8-4(5)6;/h1H3,(H,9,10)(H4,5,6,8);1H/b7-2+;. The van der Waals surface area contributed by atoms with Crippen LogP contribution in [0, 0.1) is 0 Å². The molecule has 0 saturated heterocycles. The highest BCUT2D eigenvalue weighted by molar-refractivity contribution is 6.34. The number of carboxylic acid groups (broad SMARTS) is 1. The molecule has 11 heavy (non-hydrogen) atoms. The summed E-state index contributed by atoms with van der Waals surface area (Å²) < 4.78 is 0. The smallest absolute Gasteiger partial charge is 0.362 e. The quantitative estimate of drug-likeness (QED) is 0.192. The minimum absolute atomic E-state index is 0. The summed E-state index contributed by atoms with van der Waals surface area (Å²) in [6, 6.07) is 0. The van der Waals surface area contributed by atoms with Crippen LogP contribution in [0.1, 0.15) is 6.92 Å². The van der Waals surface area contributed by atoms with E-state index in [0.29, 0.717) is 0 Å². The summed E-state index contributed by atoms with van der Waals surface area (Å²) in [5, 5.41) is 13.6. The van der Waals surface area contributed by atoms with Gasteiger partial charge < -0.3 is 17.5 Å². The Kier molecular flexibility index (Phi) is 6.17. The number of aliphatic carboxylic acids is 1. The van der Waals surface area contributed by atoms with Gasteiger partial charge in [0, 0.05) is 0 Å². The van der Waals surface area contributed by atoms with E-state index in [9.17, 15) is 4.79 Å². The number of carbonyl (C=O) groups is 1. The molecule has 0 unspecified atom stereocenters. The Balaban J connectivity index is 0. The molecule has 0 aromatic heterocycles. The van der Waals surface area contributed by atoms with Gasteiger partial charge in [0.15, 0.2) is 5.71 Å². The van der Waals surface area contributed by atoms with Gasteiger partial charge in [-0.15, -0.1) is 5.10 Å². The third-order valence-electron chi connectivity index (χ3n) is 0.662. The summed E-state index contributed by atoms with van der Waals surface area (Å²) in [6.45, 7) is 1.32. The molecule has 64 valence electrons. The molecule has 0 fully saturated rings. The predicted molar refractivity (Wildman–Crippen MR) is 35.1 cm³/mol. The summed E-state index contributed by atoms with van der Waals surface area (Å²) in [5.74, 6) is -1.26. The number of nitrogens with one attached hydrogen (secondary N) is 1. The number of nitrogens with two attached hydrogens (primary N) is 2. The van der Waals surface area contributed by atoms with Crippen LogP contribution in [0.3, 0.4) is 0 Å². The van der Waals surface area contributed by atoms with Crippen molar-refractivity contribution in [3.8, 4) is 0 Å². The average Bonchev–Trinajstić information content (AvgIpc) is 1.82. The van der Waals surface area contributed by atoms with Gasteiger partial charge in [-0.2, -0.15) is 5.10 Å². The molecule has 0 spiro atoms. The highest BCUT2D eigenvalue weighted by atomic mass is 35.5. The molecule has 7 heteroatoms. The number of hydrogen-bond donors (Lipinski definition) is 4. The number of halogens is 1. The lowest BCUT2D eigenvalue weighted by Gasteiger charge is -1.84. The van der Waals surface area contributed by atoms with Gasteiger partial charge in [-0.1, -0.05) is 0 Å². The topological polar surface area (TPSA) is 116 Å². The Morgan fingerprint density at radius 3 is 2.27 bits per heavy atom. The molecule has 0 amide bonds. The fraction of sp³-hybridized carbons (Fsp3) is 0.250. The van der Waals surface area contributed by atoms with E-state index in [1.165, 1.54) is 6.92 Å². The van der Waals surface area contributed by atoms with Crippen molar-refractivity contribution in [2.75, 3.05) is 0 Å².